The van der Waals surface area contributed by atoms with Crippen molar-refractivity contribution >= 4 is 34.0 Å². The third kappa shape index (κ3) is 3.56. The van der Waals surface area contributed by atoms with Crippen LogP contribution in [0.4, 0.5) is 0 Å². The third-order valence-corrected chi connectivity index (χ3v) is 8.95. The molecular formula is C35H24N4O4. The fourth-order valence-electron chi connectivity index (χ4n) is 7.38. The van der Waals surface area contributed by atoms with Gasteiger partial charge in [0.2, 0.25) is 0 Å². The first-order valence-corrected chi connectivity index (χ1v) is 14.1. The highest BCUT2D eigenvalue weighted by Crippen LogP contribution is 2.60. The summed E-state index contributed by atoms with van der Waals surface area (Å²) in [6.07, 6.45) is -0.500. The van der Waals surface area contributed by atoms with Crippen molar-refractivity contribution < 1.29 is 19.8 Å². The van der Waals surface area contributed by atoms with Crippen LogP contribution in [0.3, 0.4) is 0 Å². The van der Waals surface area contributed by atoms with Gasteiger partial charge in [0.05, 0.1) is 68.5 Å². The van der Waals surface area contributed by atoms with Crippen molar-refractivity contribution in [2.45, 2.75) is 30.1 Å². The second-order valence-electron chi connectivity index (χ2n) is 11.4. The Hall–Kier alpha value is -5.50. The van der Waals surface area contributed by atoms with Gasteiger partial charge in [0, 0.05) is 11.1 Å². The summed E-state index contributed by atoms with van der Waals surface area (Å²) in [5.41, 5.74) is 5.78. The minimum absolute atomic E-state index is 0.104. The molecule has 8 nitrogen and oxygen atoms in total. The van der Waals surface area contributed by atoms with Crippen molar-refractivity contribution in [3.05, 3.63) is 120 Å². The molecule has 2 N–H and O–H groups in total. The SMILES string of the molecule is O=C(O)CC1(CC2(CC(=O)O)c3ccccc3-c3nc4ccccc4nc32)c2ccccc2-c2nc3ccccc3nc21. The summed E-state index contributed by atoms with van der Waals surface area (Å²) < 4.78 is 0. The summed E-state index contributed by atoms with van der Waals surface area (Å²) in [5, 5.41) is 21.0. The molecule has 0 saturated carbocycles. The molecule has 2 aliphatic carbocycles. The maximum absolute atomic E-state index is 12.8. The number of carboxylic acid groups (broad SMARTS) is 2. The van der Waals surface area contributed by atoms with Crippen LogP contribution in [0, 0.1) is 0 Å². The molecular weight excluding hydrogens is 540 g/mol. The molecule has 0 spiro atoms. The van der Waals surface area contributed by atoms with E-state index in [-0.39, 0.29) is 19.3 Å². The fourth-order valence-corrected chi connectivity index (χ4v) is 7.38. The van der Waals surface area contributed by atoms with Crippen LogP contribution in [0.2, 0.25) is 0 Å². The molecule has 0 bridgehead atoms. The number of hydrogen-bond acceptors (Lipinski definition) is 6. The van der Waals surface area contributed by atoms with Crippen molar-refractivity contribution in [3.8, 4) is 22.5 Å². The Morgan fingerprint density at radius 2 is 0.860 bits per heavy atom. The molecule has 0 amide bonds. The number of fused-ring (bicyclic) bond motifs is 8. The second-order valence-corrected chi connectivity index (χ2v) is 11.4. The van der Waals surface area contributed by atoms with E-state index in [4.69, 9.17) is 19.9 Å². The number of nitrogens with zero attached hydrogens (tertiary/aromatic N) is 4. The zero-order valence-electron chi connectivity index (χ0n) is 22.9. The van der Waals surface area contributed by atoms with Crippen LogP contribution >= 0.6 is 0 Å². The van der Waals surface area contributed by atoms with E-state index in [0.29, 0.717) is 44.8 Å². The summed E-state index contributed by atoms with van der Waals surface area (Å²) in [4.78, 5) is 45.8. The molecule has 6 aromatic rings. The van der Waals surface area contributed by atoms with E-state index < -0.39 is 22.8 Å². The molecule has 2 aliphatic rings. The highest BCUT2D eigenvalue weighted by atomic mass is 16.4. The molecule has 43 heavy (non-hydrogen) atoms. The average Bonchev–Trinajstić information content (AvgIpc) is 3.40. The van der Waals surface area contributed by atoms with Crippen LogP contribution in [-0.2, 0) is 20.4 Å². The molecule has 8 heteroatoms. The predicted octanol–water partition coefficient (Wildman–Crippen LogP) is 6.15. The van der Waals surface area contributed by atoms with Gasteiger partial charge in [0.15, 0.2) is 0 Å². The topological polar surface area (TPSA) is 126 Å². The van der Waals surface area contributed by atoms with Gasteiger partial charge in [-0.2, -0.15) is 0 Å². The number of aromatic nitrogens is 4. The molecule has 0 fully saturated rings. The number of hydrogen-bond donors (Lipinski definition) is 2. The van der Waals surface area contributed by atoms with E-state index in [1.807, 2.05) is 97.1 Å². The molecule has 4 aromatic carbocycles. The number of aliphatic carboxylic acids is 2. The van der Waals surface area contributed by atoms with E-state index in [1.54, 1.807) is 0 Å². The normalized spacial score (nSPS) is 19.5. The monoisotopic (exact) mass is 564 g/mol. The summed E-state index contributed by atoms with van der Waals surface area (Å²) >= 11 is 0. The highest BCUT2D eigenvalue weighted by Gasteiger charge is 2.57. The lowest BCUT2D eigenvalue weighted by Crippen LogP contribution is -2.41. The number of benzene rings is 4. The van der Waals surface area contributed by atoms with Crippen LogP contribution in [0.25, 0.3) is 44.6 Å². The first kappa shape index (κ1) is 25.2. The van der Waals surface area contributed by atoms with Crippen LogP contribution in [0.5, 0.6) is 0 Å². The van der Waals surface area contributed by atoms with E-state index in [9.17, 15) is 19.8 Å². The van der Waals surface area contributed by atoms with Crippen LogP contribution in [0.15, 0.2) is 97.1 Å². The first-order valence-electron chi connectivity index (χ1n) is 14.1. The summed E-state index contributed by atoms with van der Waals surface area (Å²) in [6.45, 7) is 0. The van der Waals surface area contributed by atoms with Crippen molar-refractivity contribution in [3.63, 3.8) is 0 Å². The summed E-state index contributed by atoms with van der Waals surface area (Å²) in [5.74, 6) is -2.03. The van der Waals surface area contributed by atoms with E-state index in [2.05, 4.69) is 0 Å². The quantitative estimate of drug-likeness (QED) is 0.247. The number of rotatable bonds is 6. The Balaban J connectivity index is 1.48. The fraction of sp³-hybridized carbons (Fsp3) is 0.143. The van der Waals surface area contributed by atoms with Crippen LogP contribution in [0.1, 0.15) is 41.8 Å². The molecule has 0 aliphatic heterocycles. The molecule has 0 saturated heterocycles. The highest BCUT2D eigenvalue weighted by molar-refractivity contribution is 5.89. The van der Waals surface area contributed by atoms with Gasteiger partial charge in [-0.05, 0) is 41.8 Å². The molecule has 2 atom stereocenters. The van der Waals surface area contributed by atoms with Gasteiger partial charge in [0.25, 0.3) is 0 Å². The van der Waals surface area contributed by atoms with Gasteiger partial charge in [-0.3, -0.25) is 9.59 Å². The van der Waals surface area contributed by atoms with Crippen molar-refractivity contribution in [2.24, 2.45) is 0 Å². The standard InChI is InChI=1S/C35H24N4O4/c40-28(41)17-34(22-11-3-1-9-20(22)30-32(34)38-26-15-7-5-13-24(26)36-30)19-35(18-29(42)43)23-12-4-2-10-21(23)31-33(35)39-27-16-8-6-14-25(27)37-31/h1-16H,17-19H2,(H,40,41)(H,42,43). The molecule has 2 unspecified atom stereocenters. The minimum atomic E-state index is -1.20. The smallest absolute Gasteiger partial charge is 0.304 e. The first-order chi connectivity index (χ1) is 20.9. The van der Waals surface area contributed by atoms with E-state index in [1.165, 1.54) is 0 Å². The van der Waals surface area contributed by atoms with Crippen molar-refractivity contribution in [1.82, 2.24) is 19.9 Å². The van der Waals surface area contributed by atoms with Gasteiger partial charge in [-0.1, -0.05) is 72.8 Å². The van der Waals surface area contributed by atoms with E-state index in [0.717, 1.165) is 22.3 Å². The van der Waals surface area contributed by atoms with Crippen molar-refractivity contribution in [1.29, 1.82) is 0 Å². The van der Waals surface area contributed by atoms with Gasteiger partial charge in [-0.25, -0.2) is 19.9 Å². The largest absolute Gasteiger partial charge is 0.481 e. The third-order valence-electron chi connectivity index (χ3n) is 8.95. The minimum Gasteiger partial charge on any atom is -0.481 e. The molecule has 8 rings (SSSR count). The Morgan fingerprint density at radius 3 is 1.26 bits per heavy atom. The lowest BCUT2D eigenvalue weighted by Gasteiger charge is -2.39. The number of carbonyl (C=O) groups is 2. The summed E-state index contributed by atoms with van der Waals surface area (Å²) in [6, 6.07) is 30.3. The van der Waals surface area contributed by atoms with E-state index >= 15 is 0 Å². The molecule has 2 heterocycles. The predicted molar refractivity (Wildman–Crippen MR) is 161 cm³/mol. The zero-order chi connectivity index (χ0) is 29.3. The van der Waals surface area contributed by atoms with Gasteiger partial charge < -0.3 is 10.2 Å². The van der Waals surface area contributed by atoms with Gasteiger partial charge >= 0.3 is 11.9 Å². The van der Waals surface area contributed by atoms with Crippen LogP contribution in [-0.4, -0.2) is 42.1 Å². The maximum atomic E-state index is 12.8. The summed E-state index contributed by atoms with van der Waals surface area (Å²) in [7, 11) is 0. The van der Waals surface area contributed by atoms with Gasteiger partial charge in [-0.15, -0.1) is 0 Å². The van der Waals surface area contributed by atoms with Crippen LogP contribution < -0.4 is 0 Å². The number of carboxylic acids is 2. The Bertz CT molecular complexity index is 2010. The molecule has 208 valence electrons. The Labute approximate surface area is 245 Å². The molecule has 0 radical (unpaired) electrons. The number of para-hydroxylation sites is 4. The van der Waals surface area contributed by atoms with Gasteiger partial charge in [0.1, 0.15) is 0 Å². The Kier molecular flexibility index (Phi) is 5.28. The lowest BCUT2D eigenvalue weighted by molar-refractivity contribution is -0.138. The Morgan fingerprint density at radius 1 is 0.512 bits per heavy atom. The second kappa shape index (κ2) is 9.00. The molecule has 2 aromatic heterocycles. The average molecular weight is 565 g/mol. The zero-order valence-corrected chi connectivity index (χ0v) is 22.9. The lowest BCUT2D eigenvalue weighted by atomic mass is 9.62. The van der Waals surface area contributed by atoms with Crippen molar-refractivity contribution in [2.75, 3.05) is 0 Å². The maximum Gasteiger partial charge on any atom is 0.304 e.